The first kappa shape index (κ1) is 14.2. The van der Waals surface area contributed by atoms with Crippen LogP contribution in [-0.2, 0) is 0 Å². The maximum Gasteiger partial charge on any atom is 0.253 e. The van der Waals surface area contributed by atoms with Crippen LogP contribution in [0.15, 0.2) is 22.7 Å². The van der Waals surface area contributed by atoms with Gasteiger partial charge in [-0.1, -0.05) is 22.0 Å². The average molecular weight is 299 g/mol. The maximum atomic E-state index is 12.2. The lowest BCUT2D eigenvalue weighted by Gasteiger charge is -2.20. The Morgan fingerprint density at radius 1 is 1.24 bits per heavy atom. The SMILES string of the molecule is Cc1ccc(Br)cc1C(=O)N(C)CCN(C)C. The van der Waals surface area contributed by atoms with Gasteiger partial charge in [0.1, 0.15) is 0 Å². The van der Waals surface area contributed by atoms with Crippen molar-refractivity contribution in [3.05, 3.63) is 33.8 Å². The topological polar surface area (TPSA) is 23.6 Å². The van der Waals surface area contributed by atoms with Gasteiger partial charge >= 0.3 is 0 Å². The summed E-state index contributed by atoms with van der Waals surface area (Å²) in [6.07, 6.45) is 0. The summed E-state index contributed by atoms with van der Waals surface area (Å²) >= 11 is 3.40. The second-order valence-electron chi connectivity index (χ2n) is 4.49. The van der Waals surface area contributed by atoms with E-state index in [1.165, 1.54) is 0 Å². The molecule has 1 aromatic rings. The van der Waals surface area contributed by atoms with Crippen molar-refractivity contribution < 1.29 is 4.79 Å². The molecule has 94 valence electrons. The van der Waals surface area contributed by atoms with Crippen LogP contribution in [0.3, 0.4) is 0 Å². The molecule has 0 N–H and O–H groups in total. The van der Waals surface area contributed by atoms with Crippen molar-refractivity contribution in [2.45, 2.75) is 6.92 Å². The van der Waals surface area contributed by atoms with Gasteiger partial charge in [0.25, 0.3) is 5.91 Å². The zero-order valence-corrected chi connectivity index (χ0v) is 12.4. The van der Waals surface area contributed by atoms with E-state index in [1.807, 2.05) is 46.3 Å². The number of carbonyl (C=O) groups excluding carboxylic acids is 1. The Labute approximate surface area is 112 Å². The van der Waals surface area contributed by atoms with Gasteiger partial charge in [-0.25, -0.2) is 0 Å². The molecule has 3 nitrogen and oxygen atoms in total. The third-order valence-electron chi connectivity index (χ3n) is 2.66. The zero-order chi connectivity index (χ0) is 13.0. The zero-order valence-electron chi connectivity index (χ0n) is 10.8. The Morgan fingerprint density at radius 2 is 1.88 bits per heavy atom. The normalized spacial score (nSPS) is 10.7. The molecule has 17 heavy (non-hydrogen) atoms. The van der Waals surface area contributed by atoms with Gasteiger partial charge in [0, 0.05) is 30.2 Å². The van der Waals surface area contributed by atoms with Crippen molar-refractivity contribution >= 4 is 21.8 Å². The molecule has 0 spiro atoms. The van der Waals surface area contributed by atoms with E-state index in [-0.39, 0.29) is 5.91 Å². The maximum absolute atomic E-state index is 12.2. The second-order valence-corrected chi connectivity index (χ2v) is 5.40. The molecule has 1 aromatic carbocycles. The number of benzene rings is 1. The molecule has 0 saturated heterocycles. The van der Waals surface area contributed by atoms with E-state index in [0.717, 1.165) is 28.7 Å². The molecule has 0 aliphatic rings. The van der Waals surface area contributed by atoms with Crippen molar-refractivity contribution in [3.8, 4) is 0 Å². The third kappa shape index (κ3) is 4.13. The first-order chi connectivity index (χ1) is 7.91. The molecule has 1 amide bonds. The average Bonchev–Trinajstić information content (AvgIpc) is 2.28. The summed E-state index contributed by atoms with van der Waals surface area (Å²) in [4.78, 5) is 16.0. The minimum absolute atomic E-state index is 0.0747. The van der Waals surface area contributed by atoms with Crippen LogP contribution in [-0.4, -0.2) is 49.9 Å². The lowest BCUT2D eigenvalue weighted by atomic mass is 10.1. The summed E-state index contributed by atoms with van der Waals surface area (Å²) < 4.78 is 0.937. The Morgan fingerprint density at radius 3 is 2.47 bits per heavy atom. The molecule has 0 heterocycles. The highest BCUT2D eigenvalue weighted by molar-refractivity contribution is 9.10. The van der Waals surface area contributed by atoms with Crippen molar-refractivity contribution in [2.75, 3.05) is 34.2 Å². The van der Waals surface area contributed by atoms with Crippen molar-refractivity contribution in [3.63, 3.8) is 0 Å². The standard InChI is InChI=1S/C13H19BrN2O/c1-10-5-6-11(14)9-12(10)13(17)16(4)8-7-15(2)3/h5-6,9H,7-8H2,1-4H3. The number of rotatable bonds is 4. The van der Waals surface area contributed by atoms with Crippen LogP contribution in [0.25, 0.3) is 0 Å². The van der Waals surface area contributed by atoms with Crippen LogP contribution in [0.5, 0.6) is 0 Å². The molecule has 1 rings (SSSR count). The summed E-state index contributed by atoms with van der Waals surface area (Å²) in [7, 11) is 5.84. The van der Waals surface area contributed by atoms with E-state index in [4.69, 9.17) is 0 Å². The molecule has 0 unspecified atom stereocenters. The Balaban J connectivity index is 2.78. The first-order valence-electron chi connectivity index (χ1n) is 5.58. The van der Waals surface area contributed by atoms with Crippen LogP contribution >= 0.6 is 15.9 Å². The number of hydrogen-bond donors (Lipinski definition) is 0. The van der Waals surface area contributed by atoms with Gasteiger partial charge in [0.15, 0.2) is 0 Å². The summed E-state index contributed by atoms with van der Waals surface area (Å²) in [5.41, 5.74) is 1.77. The van der Waals surface area contributed by atoms with E-state index >= 15 is 0 Å². The Bertz CT molecular complexity index is 404. The quantitative estimate of drug-likeness (QED) is 0.852. The van der Waals surface area contributed by atoms with Gasteiger partial charge in [0.05, 0.1) is 0 Å². The Kier molecular flexibility index (Phi) is 5.15. The van der Waals surface area contributed by atoms with Crippen molar-refractivity contribution in [2.24, 2.45) is 0 Å². The highest BCUT2D eigenvalue weighted by Gasteiger charge is 2.14. The van der Waals surface area contributed by atoms with Crippen LogP contribution in [0, 0.1) is 6.92 Å². The molecule has 0 aliphatic heterocycles. The number of likely N-dealkylation sites (N-methyl/N-ethyl adjacent to an activating group) is 2. The predicted molar refractivity (Wildman–Crippen MR) is 74.4 cm³/mol. The van der Waals surface area contributed by atoms with Crippen LogP contribution in [0.2, 0.25) is 0 Å². The Hall–Kier alpha value is -0.870. The fourth-order valence-corrected chi connectivity index (χ4v) is 1.84. The van der Waals surface area contributed by atoms with Gasteiger partial charge in [-0.2, -0.15) is 0 Å². The number of nitrogens with zero attached hydrogens (tertiary/aromatic N) is 2. The number of halogens is 1. The highest BCUT2D eigenvalue weighted by atomic mass is 79.9. The van der Waals surface area contributed by atoms with Gasteiger partial charge in [0.2, 0.25) is 0 Å². The van der Waals surface area contributed by atoms with Crippen molar-refractivity contribution in [1.82, 2.24) is 9.80 Å². The molecule has 0 saturated carbocycles. The fraction of sp³-hybridized carbons (Fsp3) is 0.462. The summed E-state index contributed by atoms with van der Waals surface area (Å²) in [6, 6.07) is 5.78. The smallest absolute Gasteiger partial charge is 0.253 e. The van der Waals surface area contributed by atoms with E-state index in [9.17, 15) is 4.79 Å². The minimum Gasteiger partial charge on any atom is -0.340 e. The molecular formula is C13H19BrN2O. The van der Waals surface area contributed by atoms with E-state index < -0.39 is 0 Å². The summed E-state index contributed by atoms with van der Waals surface area (Å²) in [6.45, 7) is 3.56. The summed E-state index contributed by atoms with van der Waals surface area (Å²) in [5.74, 6) is 0.0747. The van der Waals surface area contributed by atoms with Crippen molar-refractivity contribution in [1.29, 1.82) is 0 Å². The van der Waals surface area contributed by atoms with E-state index in [1.54, 1.807) is 4.90 Å². The number of amides is 1. The fourth-order valence-electron chi connectivity index (χ4n) is 1.48. The molecule has 4 heteroatoms. The number of hydrogen-bond acceptors (Lipinski definition) is 2. The predicted octanol–water partition coefficient (Wildman–Crippen LogP) is 2.39. The monoisotopic (exact) mass is 298 g/mol. The number of carbonyl (C=O) groups is 1. The van der Waals surface area contributed by atoms with Gasteiger partial charge in [-0.05, 0) is 38.7 Å². The molecule has 0 radical (unpaired) electrons. The lowest BCUT2D eigenvalue weighted by Crippen LogP contribution is -2.33. The molecule has 0 aromatic heterocycles. The van der Waals surface area contributed by atoms with Crippen LogP contribution in [0.4, 0.5) is 0 Å². The summed E-state index contributed by atoms with van der Waals surface area (Å²) in [5, 5.41) is 0. The molecular weight excluding hydrogens is 280 g/mol. The van der Waals surface area contributed by atoms with E-state index in [2.05, 4.69) is 20.8 Å². The van der Waals surface area contributed by atoms with Crippen LogP contribution < -0.4 is 0 Å². The molecule has 0 bridgehead atoms. The highest BCUT2D eigenvalue weighted by Crippen LogP contribution is 2.17. The minimum atomic E-state index is 0.0747. The third-order valence-corrected chi connectivity index (χ3v) is 3.15. The first-order valence-corrected chi connectivity index (χ1v) is 6.37. The second kappa shape index (κ2) is 6.17. The van der Waals surface area contributed by atoms with Gasteiger partial charge < -0.3 is 9.80 Å². The molecule has 0 fully saturated rings. The lowest BCUT2D eigenvalue weighted by molar-refractivity contribution is 0.0785. The largest absolute Gasteiger partial charge is 0.340 e. The van der Waals surface area contributed by atoms with Gasteiger partial charge in [-0.15, -0.1) is 0 Å². The number of aryl methyl sites for hydroxylation is 1. The molecule has 0 atom stereocenters. The van der Waals surface area contributed by atoms with E-state index in [0.29, 0.717) is 0 Å². The molecule has 0 aliphatic carbocycles. The van der Waals surface area contributed by atoms with Crippen LogP contribution in [0.1, 0.15) is 15.9 Å². The van der Waals surface area contributed by atoms with Gasteiger partial charge in [-0.3, -0.25) is 4.79 Å².